The van der Waals surface area contributed by atoms with Crippen LogP contribution < -0.4 is 0 Å². The minimum Gasteiger partial charge on any atom is -0.481 e. The van der Waals surface area contributed by atoms with Gasteiger partial charge in [0.1, 0.15) is 0 Å². The van der Waals surface area contributed by atoms with Crippen molar-refractivity contribution < 1.29 is 9.90 Å². The number of nitrogens with zero attached hydrogens (tertiary/aromatic N) is 1. The summed E-state index contributed by atoms with van der Waals surface area (Å²) in [6.45, 7) is 9.35. The van der Waals surface area contributed by atoms with Gasteiger partial charge in [-0.15, -0.1) is 0 Å². The van der Waals surface area contributed by atoms with Gasteiger partial charge < -0.3 is 10.0 Å². The van der Waals surface area contributed by atoms with Crippen molar-refractivity contribution in [2.45, 2.75) is 40.0 Å². The summed E-state index contributed by atoms with van der Waals surface area (Å²) in [5, 5.41) is 9.13. The lowest BCUT2D eigenvalue weighted by molar-refractivity contribution is -0.143. The van der Waals surface area contributed by atoms with Crippen molar-refractivity contribution in [1.82, 2.24) is 4.90 Å². The van der Waals surface area contributed by atoms with Crippen molar-refractivity contribution >= 4 is 5.97 Å². The quantitative estimate of drug-likeness (QED) is 0.726. The zero-order chi connectivity index (χ0) is 12.1. The number of likely N-dealkylation sites (tertiary alicyclic amines) is 1. The average molecular weight is 227 g/mol. The molecule has 0 amide bonds. The van der Waals surface area contributed by atoms with E-state index in [0.717, 1.165) is 32.0 Å². The van der Waals surface area contributed by atoms with Gasteiger partial charge in [-0.1, -0.05) is 27.2 Å². The number of rotatable bonds is 7. The molecule has 1 aliphatic heterocycles. The molecule has 0 aliphatic carbocycles. The van der Waals surface area contributed by atoms with E-state index in [1.807, 2.05) is 0 Å². The number of carbonyl (C=O) groups is 1. The van der Waals surface area contributed by atoms with Gasteiger partial charge in [0.05, 0.1) is 5.92 Å². The Balaban J connectivity index is 2.26. The standard InChI is InChI=1S/C13H25NO2/c1-4-5-11-7-14(8-11)9-12(13(15)16)6-10(2)3/h10-12H,4-9H2,1-3H3,(H,15,16). The van der Waals surface area contributed by atoms with Crippen molar-refractivity contribution in [3.05, 3.63) is 0 Å². The summed E-state index contributed by atoms with van der Waals surface area (Å²) in [6, 6.07) is 0. The molecular formula is C13H25NO2. The maximum absolute atomic E-state index is 11.1. The van der Waals surface area contributed by atoms with E-state index in [-0.39, 0.29) is 5.92 Å². The fourth-order valence-electron chi connectivity index (χ4n) is 2.55. The maximum Gasteiger partial charge on any atom is 0.307 e. The molecule has 1 unspecified atom stereocenters. The number of hydrogen-bond acceptors (Lipinski definition) is 2. The Morgan fingerprint density at radius 1 is 1.44 bits per heavy atom. The molecule has 1 N–H and O–H groups in total. The molecule has 0 bridgehead atoms. The molecule has 0 spiro atoms. The Bertz CT molecular complexity index is 222. The van der Waals surface area contributed by atoms with E-state index in [2.05, 4.69) is 25.7 Å². The van der Waals surface area contributed by atoms with Crippen LogP contribution >= 0.6 is 0 Å². The number of carboxylic acid groups (broad SMARTS) is 1. The second-order valence-electron chi connectivity index (χ2n) is 5.54. The Morgan fingerprint density at radius 3 is 2.50 bits per heavy atom. The number of aliphatic carboxylic acids is 1. The summed E-state index contributed by atoms with van der Waals surface area (Å²) in [7, 11) is 0. The third-order valence-corrected chi connectivity index (χ3v) is 3.31. The Kier molecular flexibility index (Phi) is 5.26. The van der Waals surface area contributed by atoms with Gasteiger partial charge >= 0.3 is 5.97 Å². The first-order valence-electron chi connectivity index (χ1n) is 6.48. The summed E-state index contributed by atoms with van der Waals surface area (Å²) < 4.78 is 0. The van der Waals surface area contributed by atoms with Crippen LogP contribution in [0.2, 0.25) is 0 Å². The summed E-state index contributed by atoms with van der Waals surface area (Å²) in [5.41, 5.74) is 0. The van der Waals surface area contributed by atoms with E-state index in [1.54, 1.807) is 0 Å². The second kappa shape index (κ2) is 6.24. The van der Waals surface area contributed by atoms with Gasteiger partial charge in [0, 0.05) is 19.6 Å². The van der Waals surface area contributed by atoms with Crippen LogP contribution in [0.25, 0.3) is 0 Å². The largest absolute Gasteiger partial charge is 0.481 e. The lowest BCUT2D eigenvalue weighted by Gasteiger charge is -2.40. The van der Waals surface area contributed by atoms with Crippen molar-refractivity contribution in [2.24, 2.45) is 17.8 Å². The summed E-state index contributed by atoms with van der Waals surface area (Å²) in [5.74, 6) is 0.475. The highest BCUT2D eigenvalue weighted by molar-refractivity contribution is 5.70. The lowest BCUT2D eigenvalue weighted by atomic mass is 9.91. The molecule has 1 fully saturated rings. The zero-order valence-corrected chi connectivity index (χ0v) is 10.8. The molecule has 0 aromatic carbocycles. The Morgan fingerprint density at radius 2 is 2.06 bits per heavy atom. The molecule has 94 valence electrons. The van der Waals surface area contributed by atoms with Crippen LogP contribution in [0, 0.1) is 17.8 Å². The Labute approximate surface area is 98.8 Å². The van der Waals surface area contributed by atoms with Crippen molar-refractivity contribution in [3.8, 4) is 0 Å². The van der Waals surface area contributed by atoms with Crippen LogP contribution in [-0.2, 0) is 4.79 Å². The smallest absolute Gasteiger partial charge is 0.307 e. The highest BCUT2D eigenvalue weighted by Gasteiger charge is 2.30. The fourth-order valence-corrected chi connectivity index (χ4v) is 2.55. The van der Waals surface area contributed by atoms with Gasteiger partial charge in [-0.25, -0.2) is 0 Å². The SMILES string of the molecule is CCCC1CN(CC(CC(C)C)C(=O)O)C1. The second-order valence-corrected chi connectivity index (χ2v) is 5.54. The zero-order valence-electron chi connectivity index (χ0n) is 10.8. The first-order chi connectivity index (χ1) is 7.52. The van der Waals surface area contributed by atoms with Crippen molar-refractivity contribution in [1.29, 1.82) is 0 Å². The van der Waals surface area contributed by atoms with Gasteiger partial charge in [0.2, 0.25) is 0 Å². The van der Waals surface area contributed by atoms with Gasteiger partial charge in [-0.3, -0.25) is 4.79 Å². The van der Waals surface area contributed by atoms with Crippen LogP contribution in [0.5, 0.6) is 0 Å². The van der Waals surface area contributed by atoms with Crippen LogP contribution in [0.1, 0.15) is 40.0 Å². The highest BCUT2D eigenvalue weighted by atomic mass is 16.4. The van der Waals surface area contributed by atoms with Gasteiger partial charge in [0.25, 0.3) is 0 Å². The molecule has 0 radical (unpaired) electrons. The maximum atomic E-state index is 11.1. The van der Waals surface area contributed by atoms with Crippen LogP contribution in [-0.4, -0.2) is 35.6 Å². The molecule has 1 saturated heterocycles. The molecule has 1 rings (SSSR count). The summed E-state index contributed by atoms with van der Waals surface area (Å²) in [4.78, 5) is 13.4. The Hall–Kier alpha value is -0.570. The summed E-state index contributed by atoms with van der Waals surface area (Å²) in [6.07, 6.45) is 3.33. The topological polar surface area (TPSA) is 40.5 Å². The van der Waals surface area contributed by atoms with Crippen molar-refractivity contribution in [3.63, 3.8) is 0 Å². The molecule has 1 aliphatic rings. The number of carboxylic acids is 1. The lowest BCUT2D eigenvalue weighted by Crippen LogP contribution is -2.49. The van der Waals surface area contributed by atoms with E-state index in [0.29, 0.717) is 5.92 Å². The van der Waals surface area contributed by atoms with E-state index in [4.69, 9.17) is 5.11 Å². The molecule has 0 saturated carbocycles. The van der Waals surface area contributed by atoms with E-state index < -0.39 is 5.97 Å². The minimum absolute atomic E-state index is 0.178. The van der Waals surface area contributed by atoms with Crippen LogP contribution in [0.15, 0.2) is 0 Å². The average Bonchev–Trinajstić information content (AvgIpc) is 2.12. The molecule has 16 heavy (non-hydrogen) atoms. The molecule has 1 atom stereocenters. The minimum atomic E-state index is -0.632. The molecule has 3 nitrogen and oxygen atoms in total. The normalized spacial score (nSPS) is 19.8. The first kappa shape index (κ1) is 13.5. The van der Waals surface area contributed by atoms with E-state index >= 15 is 0 Å². The van der Waals surface area contributed by atoms with Crippen LogP contribution in [0.3, 0.4) is 0 Å². The first-order valence-corrected chi connectivity index (χ1v) is 6.48. The van der Waals surface area contributed by atoms with Crippen LogP contribution in [0.4, 0.5) is 0 Å². The number of hydrogen-bond donors (Lipinski definition) is 1. The molecule has 3 heteroatoms. The fraction of sp³-hybridized carbons (Fsp3) is 0.923. The molecule has 0 aromatic rings. The monoisotopic (exact) mass is 227 g/mol. The third kappa shape index (κ3) is 4.12. The predicted molar refractivity (Wildman–Crippen MR) is 65.4 cm³/mol. The molecule has 1 heterocycles. The third-order valence-electron chi connectivity index (χ3n) is 3.31. The molecular weight excluding hydrogens is 202 g/mol. The highest BCUT2D eigenvalue weighted by Crippen LogP contribution is 2.23. The van der Waals surface area contributed by atoms with Crippen molar-refractivity contribution in [2.75, 3.05) is 19.6 Å². The van der Waals surface area contributed by atoms with E-state index in [1.165, 1.54) is 12.8 Å². The van der Waals surface area contributed by atoms with E-state index in [9.17, 15) is 4.79 Å². The summed E-state index contributed by atoms with van der Waals surface area (Å²) >= 11 is 0. The predicted octanol–water partition coefficient (Wildman–Crippen LogP) is 2.47. The van der Waals surface area contributed by atoms with Gasteiger partial charge in [-0.05, 0) is 24.7 Å². The van der Waals surface area contributed by atoms with Gasteiger partial charge in [0.15, 0.2) is 0 Å². The van der Waals surface area contributed by atoms with Gasteiger partial charge in [-0.2, -0.15) is 0 Å². The molecule has 0 aromatic heterocycles.